The van der Waals surface area contributed by atoms with Crippen LogP contribution in [-0.4, -0.2) is 23.4 Å². The topological polar surface area (TPSA) is 38.3 Å². The molecule has 0 aromatic carbocycles. The Morgan fingerprint density at radius 1 is 1.36 bits per heavy atom. The number of hydrogen-bond acceptors (Lipinski definition) is 2. The zero-order valence-corrected chi connectivity index (χ0v) is 8.66. The van der Waals surface area contributed by atoms with Crippen molar-refractivity contribution in [3.8, 4) is 0 Å². The molecule has 1 N–H and O–H groups in total. The van der Waals surface area contributed by atoms with Crippen LogP contribution in [0.5, 0.6) is 0 Å². The predicted octanol–water partition coefficient (Wildman–Crippen LogP) is 2.64. The van der Waals surface area contributed by atoms with Gasteiger partial charge in [0.25, 0.3) is 0 Å². The van der Waals surface area contributed by atoms with Crippen LogP contribution in [0.15, 0.2) is 0 Å². The highest BCUT2D eigenvalue weighted by molar-refractivity contribution is 6.21. The van der Waals surface area contributed by atoms with Crippen molar-refractivity contribution in [3.05, 3.63) is 0 Å². The van der Waals surface area contributed by atoms with Gasteiger partial charge in [-0.15, -0.1) is 0 Å². The largest absolute Gasteiger partial charge is 0.444 e. The van der Waals surface area contributed by atoms with Crippen LogP contribution in [0.3, 0.4) is 0 Å². The standard InChI is InChI=1S/C7H11ClF3NO2/c1-6(2,3)14-5(13)12-4(8)7(9,10)11/h4H,1-3H3,(H,12,13). The number of alkyl carbamates (subject to hydrolysis) is 1. The van der Waals surface area contributed by atoms with E-state index in [-0.39, 0.29) is 0 Å². The summed E-state index contributed by atoms with van der Waals surface area (Å²) in [5.74, 6) is 0. The van der Waals surface area contributed by atoms with Gasteiger partial charge in [-0.2, -0.15) is 13.2 Å². The van der Waals surface area contributed by atoms with Gasteiger partial charge in [-0.25, -0.2) is 4.79 Å². The molecule has 14 heavy (non-hydrogen) atoms. The summed E-state index contributed by atoms with van der Waals surface area (Å²) in [4.78, 5) is 10.8. The number of ether oxygens (including phenoxy) is 1. The Balaban J connectivity index is 4.09. The van der Waals surface area contributed by atoms with Gasteiger partial charge in [0.15, 0.2) is 0 Å². The van der Waals surface area contributed by atoms with Gasteiger partial charge in [0.05, 0.1) is 0 Å². The summed E-state index contributed by atoms with van der Waals surface area (Å²) in [5, 5.41) is 1.46. The average Bonchev–Trinajstić information content (AvgIpc) is 1.79. The van der Waals surface area contributed by atoms with E-state index < -0.39 is 23.4 Å². The molecule has 7 heteroatoms. The molecule has 0 aromatic heterocycles. The molecule has 1 unspecified atom stereocenters. The Morgan fingerprint density at radius 2 is 1.79 bits per heavy atom. The Labute approximate surface area is 84.6 Å². The molecule has 1 amide bonds. The molecule has 0 bridgehead atoms. The summed E-state index contributed by atoms with van der Waals surface area (Å²) in [5.41, 5.74) is -3.29. The van der Waals surface area contributed by atoms with Crippen LogP contribution in [0.1, 0.15) is 20.8 Å². The van der Waals surface area contributed by atoms with Crippen LogP contribution in [0.4, 0.5) is 18.0 Å². The van der Waals surface area contributed by atoms with E-state index in [0.29, 0.717) is 0 Å². The molecule has 0 aromatic rings. The number of rotatable bonds is 1. The van der Waals surface area contributed by atoms with Crippen molar-refractivity contribution in [2.45, 2.75) is 38.0 Å². The molecule has 0 spiro atoms. The highest BCUT2D eigenvalue weighted by Gasteiger charge is 2.40. The lowest BCUT2D eigenvalue weighted by Crippen LogP contribution is -2.43. The molecule has 3 nitrogen and oxygen atoms in total. The van der Waals surface area contributed by atoms with Gasteiger partial charge in [-0.1, -0.05) is 11.6 Å². The highest BCUT2D eigenvalue weighted by atomic mass is 35.5. The average molecular weight is 234 g/mol. The van der Waals surface area contributed by atoms with E-state index in [1.807, 2.05) is 0 Å². The van der Waals surface area contributed by atoms with E-state index in [1.165, 1.54) is 26.1 Å². The number of alkyl halides is 4. The molecule has 0 aliphatic rings. The van der Waals surface area contributed by atoms with Crippen molar-refractivity contribution in [3.63, 3.8) is 0 Å². The van der Waals surface area contributed by atoms with Crippen molar-refractivity contribution in [2.75, 3.05) is 0 Å². The van der Waals surface area contributed by atoms with E-state index in [9.17, 15) is 18.0 Å². The van der Waals surface area contributed by atoms with Gasteiger partial charge >= 0.3 is 12.3 Å². The fourth-order valence-corrected chi connectivity index (χ4v) is 0.582. The van der Waals surface area contributed by atoms with Crippen molar-refractivity contribution in [1.29, 1.82) is 0 Å². The summed E-state index contributed by atoms with van der Waals surface area (Å²) in [7, 11) is 0. The molecule has 0 saturated heterocycles. The third kappa shape index (κ3) is 5.90. The minimum Gasteiger partial charge on any atom is -0.444 e. The first-order chi connectivity index (χ1) is 6.02. The lowest BCUT2D eigenvalue weighted by Gasteiger charge is -2.22. The van der Waals surface area contributed by atoms with Crippen LogP contribution in [0, 0.1) is 0 Å². The second-order valence-corrected chi connectivity index (χ2v) is 3.99. The fraction of sp³-hybridized carbons (Fsp3) is 0.857. The van der Waals surface area contributed by atoms with Crippen LogP contribution < -0.4 is 5.32 Å². The Morgan fingerprint density at radius 3 is 2.07 bits per heavy atom. The Bertz CT molecular complexity index is 212. The highest BCUT2D eigenvalue weighted by Crippen LogP contribution is 2.23. The molecular formula is C7H11ClF3NO2. The van der Waals surface area contributed by atoms with Crippen molar-refractivity contribution < 1.29 is 22.7 Å². The van der Waals surface area contributed by atoms with E-state index >= 15 is 0 Å². The number of amides is 1. The second kappa shape index (κ2) is 4.25. The molecule has 0 heterocycles. The van der Waals surface area contributed by atoms with Gasteiger partial charge < -0.3 is 4.74 Å². The number of carbonyl (C=O) groups excluding carboxylic acids is 1. The van der Waals surface area contributed by atoms with Crippen molar-refractivity contribution in [1.82, 2.24) is 5.32 Å². The summed E-state index contributed by atoms with van der Waals surface area (Å²) < 4.78 is 40.1. The van der Waals surface area contributed by atoms with E-state index in [2.05, 4.69) is 4.74 Å². The third-order valence-electron chi connectivity index (χ3n) is 0.931. The molecule has 0 fully saturated rings. The Kier molecular flexibility index (Phi) is 4.05. The predicted molar refractivity (Wildman–Crippen MR) is 45.1 cm³/mol. The maximum Gasteiger partial charge on any atom is 0.422 e. The molecule has 0 aliphatic heterocycles. The van der Waals surface area contributed by atoms with Crippen LogP contribution in [-0.2, 0) is 4.74 Å². The first kappa shape index (κ1) is 13.4. The van der Waals surface area contributed by atoms with Crippen molar-refractivity contribution >= 4 is 17.7 Å². The first-order valence-electron chi connectivity index (χ1n) is 3.72. The number of halogens is 4. The van der Waals surface area contributed by atoms with Gasteiger partial charge in [0.1, 0.15) is 5.60 Å². The second-order valence-electron chi connectivity index (χ2n) is 3.55. The summed E-state index contributed by atoms with van der Waals surface area (Å²) in [6.07, 6.45) is -5.88. The monoisotopic (exact) mass is 233 g/mol. The van der Waals surface area contributed by atoms with E-state index in [4.69, 9.17) is 11.6 Å². The zero-order chi connectivity index (χ0) is 11.6. The fourth-order valence-electron chi connectivity index (χ4n) is 0.493. The van der Waals surface area contributed by atoms with E-state index in [1.54, 1.807) is 0 Å². The molecule has 84 valence electrons. The minimum absolute atomic E-state index is 0.855. The van der Waals surface area contributed by atoms with Crippen LogP contribution >= 0.6 is 11.6 Å². The lowest BCUT2D eigenvalue weighted by molar-refractivity contribution is -0.135. The third-order valence-corrected chi connectivity index (χ3v) is 1.29. The zero-order valence-electron chi connectivity index (χ0n) is 7.91. The lowest BCUT2D eigenvalue weighted by atomic mass is 10.2. The summed E-state index contributed by atoms with van der Waals surface area (Å²) in [6.45, 7) is 4.59. The summed E-state index contributed by atoms with van der Waals surface area (Å²) >= 11 is 4.84. The van der Waals surface area contributed by atoms with Gasteiger partial charge in [0.2, 0.25) is 5.50 Å². The van der Waals surface area contributed by atoms with Crippen molar-refractivity contribution in [2.24, 2.45) is 0 Å². The van der Waals surface area contributed by atoms with Gasteiger partial charge in [-0.05, 0) is 20.8 Å². The number of hydrogen-bond donors (Lipinski definition) is 1. The maximum absolute atomic E-state index is 11.8. The smallest absolute Gasteiger partial charge is 0.422 e. The van der Waals surface area contributed by atoms with Crippen LogP contribution in [0.2, 0.25) is 0 Å². The SMILES string of the molecule is CC(C)(C)OC(=O)NC(Cl)C(F)(F)F. The molecule has 0 saturated carbocycles. The first-order valence-corrected chi connectivity index (χ1v) is 4.16. The molecule has 0 rings (SSSR count). The van der Waals surface area contributed by atoms with E-state index in [0.717, 1.165) is 0 Å². The minimum atomic E-state index is -4.68. The number of nitrogens with one attached hydrogen (secondary N) is 1. The van der Waals surface area contributed by atoms with Crippen LogP contribution in [0.25, 0.3) is 0 Å². The van der Waals surface area contributed by atoms with Gasteiger partial charge in [-0.3, -0.25) is 5.32 Å². The molecular weight excluding hydrogens is 223 g/mol. The quantitative estimate of drug-likeness (QED) is 0.559. The number of carbonyl (C=O) groups is 1. The Hall–Kier alpha value is -0.650. The molecule has 0 aliphatic carbocycles. The molecule has 0 radical (unpaired) electrons. The normalized spacial score (nSPS) is 14.8. The van der Waals surface area contributed by atoms with Gasteiger partial charge in [0, 0.05) is 0 Å². The maximum atomic E-state index is 11.8. The molecule has 1 atom stereocenters. The summed E-state index contributed by atoms with van der Waals surface area (Å²) in [6, 6.07) is 0.